The minimum Gasteiger partial charge on any atom is -0.411 e. The lowest BCUT2D eigenvalue weighted by atomic mass is 9.95. The van der Waals surface area contributed by atoms with Gasteiger partial charge in [-0.1, -0.05) is 62.2 Å². The van der Waals surface area contributed by atoms with Gasteiger partial charge in [-0.25, -0.2) is 4.39 Å². The van der Waals surface area contributed by atoms with Crippen molar-refractivity contribution in [3.63, 3.8) is 0 Å². The van der Waals surface area contributed by atoms with Crippen LogP contribution in [-0.2, 0) is 0 Å². The van der Waals surface area contributed by atoms with Crippen molar-refractivity contribution in [3.8, 4) is 0 Å². The van der Waals surface area contributed by atoms with Crippen molar-refractivity contribution in [1.29, 1.82) is 0 Å². The second-order valence-corrected chi connectivity index (χ2v) is 7.95. The maximum Gasteiger partial charge on any atom is 0.146 e. The third-order valence-corrected chi connectivity index (χ3v) is 6.12. The Hall–Kier alpha value is -1.62. The van der Waals surface area contributed by atoms with E-state index in [1.165, 1.54) is 51.0 Å². The molecule has 3 rings (SSSR count). The van der Waals surface area contributed by atoms with Crippen LogP contribution in [0.4, 0.5) is 10.1 Å². The fourth-order valence-electron chi connectivity index (χ4n) is 4.53. The van der Waals surface area contributed by atoms with E-state index >= 15 is 0 Å². The number of nitrogens with zero attached hydrogens (tertiary/aromatic N) is 3. The largest absolute Gasteiger partial charge is 0.411 e. The highest BCUT2D eigenvalue weighted by Gasteiger charge is 2.28. The predicted octanol–water partition coefficient (Wildman–Crippen LogP) is 5.06. The first kappa shape index (κ1) is 20.1. The van der Waals surface area contributed by atoms with E-state index < -0.39 is 0 Å². The SMILES string of the molecule is O/N=C1\CCCCCCCCCC[C@H]1N1CCN(c2ccccc2F)CC1. The minimum atomic E-state index is -0.144. The third-order valence-electron chi connectivity index (χ3n) is 6.12. The van der Waals surface area contributed by atoms with Crippen LogP contribution in [0.3, 0.4) is 0 Å². The van der Waals surface area contributed by atoms with Gasteiger partial charge in [0, 0.05) is 26.2 Å². The summed E-state index contributed by atoms with van der Waals surface area (Å²) in [6.07, 6.45) is 12.1. The summed E-state index contributed by atoms with van der Waals surface area (Å²) in [4.78, 5) is 4.59. The molecular formula is C22H34FN3O. The molecule has 0 amide bonds. The van der Waals surface area contributed by atoms with Gasteiger partial charge in [0.15, 0.2) is 0 Å². The Kier molecular flexibility index (Phi) is 7.93. The van der Waals surface area contributed by atoms with Crippen molar-refractivity contribution < 1.29 is 9.60 Å². The molecule has 0 bridgehead atoms. The Morgan fingerprint density at radius 2 is 1.48 bits per heavy atom. The molecule has 0 spiro atoms. The fourth-order valence-corrected chi connectivity index (χ4v) is 4.53. The molecule has 150 valence electrons. The van der Waals surface area contributed by atoms with Crippen molar-refractivity contribution in [3.05, 3.63) is 30.1 Å². The van der Waals surface area contributed by atoms with Crippen LogP contribution in [0, 0.1) is 5.82 Å². The van der Waals surface area contributed by atoms with Crippen LogP contribution in [0.1, 0.15) is 64.2 Å². The fraction of sp³-hybridized carbons (Fsp3) is 0.682. The van der Waals surface area contributed by atoms with E-state index in [1.807, 2.05) is 12.1 Å². The van der Waals surface area contributed by atoms with Gasteiger partial charge in [0.05, 0.1) is 17.4 Å². The van der Waals surface area contributed by atoms with Crippen LogP contribution in [0.15, 0.2) is 29.4 Å². The standard InChI is InChI=1S/C22H34FN3O/c23-19-11-9-10-13-21(19)25-15-17-26(18-16-25)22-14-8-6-4-2-1-3-5-7-12-20(22)24-27/h9-11,13,22,27H,1-8,12,14-18H2/b24-20+/t22-/m1/s1. The molecule has 1 aliphatic heterocycles. The van der Waals surface area contributed by atoms with Crippen LogP contribution >= 0.6 is 0 Å². The molecule has 1 aromatic carbocycles. The number of oxime groups is 1. The molecule has 1 saturated carbocycles. The van der Waals surface area contributed by atoms with Gasteiger partial charge in [-0.05, 0) is 31.4 Å². The normalized spacial score (nSPS) is 25.7. The number of halogens is 1. The third kappa shape index (κ3) is 5.68. The van der Waals surface area contributed by atoms with Crippen molar-refractivity contribution >= 4 is 11.4 Å². The van der Waals surface area contributed by atoms with E-state index in [2.05, 4.69) is 15.0 Å². The molecule has 5 heteroatoms. The van der Waals surface area contributed by atoms with E-state index in [1.54, 1.807) is 6.07 Å². The number of benzene rings is 1. The number of hydrogen-bond acceptors (Lipinski definition) is 4. The molecule has 1 heterocycles. The van der Waals surface area contributed by atoms with Gasteiger partial charge >= 0.3 is 0 Å². The van der Waals surface area contributed by atoms with Crippen molar-refractivity contribution in [2.45, 2.75) is 70.3 Å². The Morgan fingerprint density at radius 3 is 2.15 bits per heavy atom. The molecule has 0 unspecified atom stereocenters. The summed E-state index contributed by atoms with van der Waals surface area (Å²) in [5.74, 6) is -0.144. The van der Waals surface area contributed by atoms with Crippen LogP contribution in [0.5, 0.6) is 0 Å². The number of hydrogen-bond donors (Lipinski definition) is 1. The highest BCUT2D eigenvalue weighted by atomic mass is 19.1. The second-order valence-electron chi connectivity index (χ2n) is 7.95. The van der Waals surface area contributed by atoms with Gasteiger partial charge < -0.3 is 10.1 Å². The van der Waals surface area contributed by atoms with Crippen LogP contribution < -0.4 is 4.90 Å². The molecule has 0 aromatic heterocycles. The second kappa shape index (κ2) is 10.6. The Labute approximate surface area is 163 Å². The Bertz CT molecular complexity index is 599. The summed E-state index contributed by atoms with van der Waals surface area (Å²) in [5, 5.41) is 13.4. The highest BCUT2D eigenvalue weighted by molar-refractivity contribution is 5.89. The van der Waals surface area contributed by atoms with E-state index in [9.17, 15) is 9.60 Å². The van der Waals surface area contributed by atoms with E-state index in [0.29, 0.717) is 5.69 Å². The van der Waals surface area contributed by atoms with Gasteiger partial charge in [0.2, 0.25) is 0 Å². The quantitative estimate of drug-likeness (QED) is 0.580. The van der Waals surface area contributed by atoms with Gasteiger partial charge in [-0.15, -0.1) is 0 Å². The number of piperazine rings is 1. The van der Waals surface area contributed by atoms with Crippen LogP contribution in [0.2, 0.25) is 0 Å². The molecule has 1 N–H and O–H groups in total. The maximum absolute atomic E-state index is 14.1. The number of anilines is 1. The van der Waals surface area contributed by atoms with E-state index in [0.717, 1.165) is 51.2 Å². The van der Waals surface area contributed by atoms with Gasteiger partial charge in [0.25, 0.3) is 0 Å². The lowest BCUT2D eigenvalue weighted by Crippen LogP contribution is -2.53. The molecule has 1 saturated heterocycles. The first-order valence-electron chi connectivity index (χ1n) is 10.7. The summed E-state index contributed by atoms with van der Waals surface area (Å²) < 4.78 is 14.1. The maximum atomic E-state index is 14.1. The zero-order valence-corrected chi connectivity index (χ0v) is 16.5. The first-order chi connectivity index (χ1) is 13.3. The van der Waals surface area contributed by atoms with Gasteiger partial charge in [0.1, 0.15) is 5.82 Å². The lowest BCUT2D eigenvalue weighted by molar-refractivity contribution is 0.207. The molecule has 27 heavy (non-hydrogen) atoms. The minimum absolute atomic E-state index is 0.144. The van der Waals surface area contributed by atoms with Crippen molar-refractivity contribution in [1.82, 2.24) is 4.90 Å². The molecule has 0 radical (unpaired) electrons. The summed E-state index contributed by atoms with van der Waals surface area (Å²) >= 11 is 0. The van der Waals surface area contributed by atoms with Crippen molar-refractivity contribution in [2.24, 2.45) is 5.16 Å². The average Bonchev–Trinajstić information content (AvgIpc) is 2.69. The van der Waals surface area contributed by atoms with Crippen molar-refractivity contribution in [2.75, 3.05) is 31.1 Å². The first-order valence-corrected chi connectivity index (χ1v) is 10.7. The topological polar surface area (TPSA) is 39.1 Å². The molecule has 2 aliphatic rings. The zero-order chi connectivity index (χ0) is 18.9. The zero-order valence-electron chi connectivity index (χ0n) is 16.5. The summed E-state index contributed by atoms with van der Waals surface area (Å²) in [5.41, 5.74) is 1.65. The Balaban J connectivity index is 1.62. The van der Waals surface area contributed by atoms with Crippen LogP contribution in [0.25, 0.3) is 0 Å². The lowest BCUT2D eigenvalue weighted by Gasteiger charge is -2.40. The molecule has 1 aliphatic carbocycles. The van der Waals surface area contributed by atoms with E-state index in [4.69, 9.17) is 0 Å². The van der Waals surface area contributed by atoms with E-state index in [-0.39, 0.29) is 11.9 Å². The van der Waals surface area contributed by atoms with Gasteiger partial charge in [-0.2, -0.15) is 0 Å². The summed E-state index contributed by atoms with van der Waals surface area (Å²) in [7, 11) is 0. The molecule has 2 fully saturated rings. The Morgan fingerprint density at radius 1 is 0.852 bits per heavy atom. The van der Waals surface area contributed by atoms with Crippen LogP contribution in [-0.4, -0.2) is 48.0 Å². The molecule has 1 atom stereocenters. The molecule has 4 nitrogen and oxygen atoms in total. The summed E-state index contributed by atoms with van der Waals surface area (Å²) in [6, 6.07) is 7.27. The molecular weight excluding hydrogens is 341 g/mol. The monoisotopic (exact) mass is 375 g/mol. The average molecular weight is 376 g/mol. The smallest absolute Gasteiger partial charge is 0.146 e. The highest BCUT2D eigenvalue weighted by Crippen LogP contribution is 2.24. The predicted molar refractivity (Wildman–Crippen MR) is 109 cm³/mol. The summed E-state index contributed by atoms with van der Waals surface area (Å²) in [6.45, 7) is 3.41. The van der Waals surface area contributed by atoms with Gasteiger partial charge in [-0.3, -0.25) is 4.90 Å². The molecule has 1 aromatic rings. The number of rotatable bonds is 2. The number of para-hydroxylation sites is 1.